The number of benzene rings is 1. The van der Waals surface area contributed by atoms with Crippen molar-refractivity contribution in [2.45, 2.75) is 13.0 Å². The van der Waals surface area contributed by atoms with E-state index < -0.39 is 0 Å². The Bertz CT molecular complexity index is 551. The highest BCUT2D eigenvalue weighted by Gasteiger charge is 2.08. The van der Waals surface area contributed by atoms with E-state index >= 15 is 0 Å². The third-order valence-corrected chi connectivity index (χ3v) is 2.82. The van der Waals surface area contributed by atoms with Crippen LogP contribution in [0, 0.1) is 0 Å². The lowest BCUT2D eigenvalue weighted by atomic mass is 10.1. The molecule has 0 N–H and O–H groups in total. The van der Waals surface area contributed by atoms with Gasteiger partial charge in [-0.15, -0.1) is 0 Å². The summed E-state index contributed by atoms with van der Waals surface area (Å²) in [6.07, 6.45) is 4.06. The van der Waals surface area contributed by atoms with Crippen LogP contribution in [0.4, 0.5) is 0 Å². The topological polar surface area (TPSA) is 44.1 Å². The summed E-state index contributed by atoms with van der Waals surface area (Å²) < 4.78 is 6.41. The normalized spacial score (nSPS) is 10.3. The summed E-state index contributed by atoms with van der Waals surface area (Å²) in [7, 11) is 1.37. The number of aromatic nitrogens is 2. The van der Waals surface area contributed by atoms with Crippen molar-refractivity contribution in [2.75, 3.05) is 7.11 Å². The molecule has 0 spiro atoms. The highest BCUT2D eigenvalue weighted by Crippen LogP contribution is 2.14. The molecule has 0 radical (unpaired) electrons. The monoisotopic (exact) mass is 264 g/mol. The number of ether oxygens (including phenoxy) is 1. The summed E-state index contributed by atoms with van der Waals surface area (Å²) >= 11 is 5.93. The van der Waals surface area contributed by atoms with Crippen LogP contribution in [0.5, 0.6) is 0 Å². The zero-order valence-electron chi connectivity index (χ0n) is 9.97. The Morgan fingerprint density at radius 2 is 2.33 bits per heavy atom. The molecule has 0 atom stereocenters. The van der Waals surface area contributed by atoms with Crippen LogP contribution in [-0.4, -0.2) is 22.6 Å². The number of methoxy groups -OCH3 is 1. The predicted octanol–water partition coefficient (Wildman–Crippen LogP) is 2.30. The molecular weight excluding hydrogens is 252 g/mol. The molecule has 0 aliphatic carbocycles. The molecule has 0 bridgehead atoms. The second-order valence-electron chi connectivity index (χ2n) is 3.85. The van der Waals surface area contributed by atoms with Crippen molar-refractivity contribution in [3.63, 3.8) is 0 Å². The number of rotatable bonds is 4. The van der Waals surface area contributed by atoms with E-state index in [1.165, 1.54) is 7.11 Å². The Morgan fingerprint density at radius 1 is 1.50 bits per heavy atom. The van der Waals surface area contributed by atoms with Gasteiger partial charge in [-0.2, -0.15) is 0 Å². The number of nitrogens with zero attached hydrogens (tertiary/aromatic N) is 2. The SMILES string of the molecule is COC(=O)Cn1ccnc1Cc1cccc(Cl)c1. The van der Waals surface area contributed by atoms with Crippen LogP contribution in [0.25, 0.3) is 0 Å². The standard InChI is InChI=1S/C13H13ClN2O2/c1-18-13(17)9-16-6-5-15-12(16)8-10-3-2-4-11(14)7-10/h2-7H,8-9H2,1H3. The number of halogens is 1. The quantitative estimate of drug-likeness (QED) is 0.796. The molecule has 1 aromatic heterocycles. The summed E-state index contributed by atoms with van der Waals surface area (Å²) in [4.78, 5) is 15.5. The molecule has 5 heteroatoms. The maximum atomic E-state index is 11.2. The number of carbonyl (C=O) groups is 1. The van der Waals surface area contributed by atoms with Crippen molar-refractivity contribution < 1.29 is 9.53 Å². The first kappa shape index (κ1) is 12.6. The van der Waals surface area contributed by atoms with Gasteiger partial charge in [-0.1, -0.05) is 23.7 Å². The van der Waals surface area contributed by atoms with E-state index in [2.05, 4.69) is 9.72 Å². The predicted molar refractivity (Wildman–Crippen MR) is 68.5 cm³/mol. The number of carbonyl (C=O) groups excluding carboxylic acids is 1. The number of imidazole rings is 1. The molecule has 0 aliphatic heterocycles. The van der Waals surface area contributed by atoms with Gasteiger partial charge >= 0.3 is 5.97 Å². The number of hydrogen-bond acceptors (Lipinski definition) is 3. The molecule has 1 aromatic carbocycles. The van der Waals surface area contributed by atoms with Gasteiger partial charge in [0, 0.05) is 23.8 Å². The van der Waals surface area contributed by atoms with Gasteiger partial charge in [-0.25, -0.2) is 4.98 Å². The average molecular weight is 265 g/mol. The molecule has 2 rings (SSSR count). The van der Waals surface area contributed by atoms with Crippen LogP contribution in [0.1, 0.15) is 11.4 Å². The van der Waals surface area contributed by atoms with E-state index in [-0.39, 0.29) is 12.5 Å². The average Bonchev–Trinajstić information content (AvgIpc) is 2.76. The van der Waals surface area contributed by atoms with Gasteiger partial charge in [0.05, 0.1) is 7.11 Å². The fourth-order valence-electron chi connectivity index (χ4n) is 1.68. The van der Waals surface area contributed by atoms with Crippen LogP contribution >= 0.6 is 11.6 Å². The minimum absolute atomic E-state index is 0.173. The molecular formula is C13H13ClN2O2. The second kappa shape index (κ2) is 5.69. The maximum Gasteiger partial charge on any atom is 0.325 e. The maximum absolute atomic E-state index is 11.2. The fourth-order valence-corrected chi connectivity index (χ4v) is 1.90. The second-order valence-corrected chi connectivity index (χ2v) is 4.29. The van der Waals surface area contributed by atoms with Gasteiger partial charge in [0.25, 0.3) is 0 Å². The third kappa shape index (κ3) is 3.11. The Balaban J connectivity index is 2.15. The molecule has 0 amide bonds. The summed E-state index contributed by atoms with van der Waals surface area (Å²) in [5.74, 6) is 0.517. The van der Waals surface area contributed by atoms with E-state index in [9.17, 15) is 4.79 Å². The summed E-state index contributed by atoms with van der Waals surface area (Å²) in [5.41, 5.74) is 1.06. The molecule has 18 heavy (non-hydrogen) atoms. The number of hydrogen-bond donors (Lipinski definition) is 0. The highest BCUT2D eigenvalue weighted by atomic mass is 35.5. The molecule has 94 valence electrons. The van der Waals surface area contributed by atoms with E-state index in [0.717, 1.165) is 11.4 Å². The Morgan fingerprint density at radius 3 is 3.06 bits per heavy atom. The van der Waals surface area contributed by atoms with Crippen LogP contribution in [0.3, 0.4) is 0 Å². The van der Waals surface area contributed by atoms with Gasteiger partial charge in [-0.3, -0.25) is 4.79 Å². The van der Waals surface area contributed by atoms with Crippen molar-refractivity contribution >= 4 is 17.6 Å². The molecule has 0 aliphatic rings. The highest BCUT2D eigenvalue weighted by molar-refractivity contribution is 6.30. The molecule has 2 aromatic rings. The van der Waals surface area contributed by atoms with Crippen molar-refractivity contribution in [2.24, 2.45) is 0 Å². The lowest BCUT2D eigenvalue weighted by molar-refractivity contribution is -0.141. The van der Waals surface area contributed by atoms with Crippen molar-refractivity contribution in [1.29, 1.82) is 0 Å². The van der Waals surface area contributed by atoms with Gasteiger partial charge in [0.2, 0.25) is 0 Å². The molecule has 1 heterocycles. The third-order valence-electron chi connectivity index (χ3n) is 2.58. The van der Waals surface area contributed by atoms with E-state index in [1.54, 1.807) is 17.0 Å². The lowest BCUT2D eigenvalue weighted by Gasteiger charge is -2.06. The van der Waals surface area contributed by atoms with E-state index in [4.69, 9.17) is 11.6 Å². The van der Waals surface area contributed by atoms with E-state index in [0.29, 0.717) is 11.4 Å². The van der Waals surface area contributed by atoms with Crippen molar-refractivity contribution in [3.8, 4) is 0 Å². The molecule has 0 unspecified atom stereocenters. The van der Waals surface area contributed by atoms with Crippen molar-refractivity contribution in [1.82, 2.24) is 9.55 Å². The van der Waals surface area contributed by atoms with Crippen LogP contribution in [0.2, 0.25) is 5.02 Å². The largest absolute Gasteiger partial charge is 0.468 e. The van der Waals surface area contributed by atoms with Crippen LogP contribution in [0.15, 0.2) is 36.7 Å². The summed E-state index contributed by atoms with van der Waals surface area (Å²) in [6, 6.07) is 7.58. The minimum Gasteiger partial charge on any atom is -0.468 e. The smallest absolute Gasteiger partial charge is 0.325 e. The van der Waals surface area contributed by atoms with Gasteiger partial charge in [-0.05, 0) is 17.7 Å². The van der Waals surface area contributed by atoms with Gasteiger partial charge < -0.3 is 9.30 Å². The summed E-state index contributed by atoms with van der Waals surface area (Å²) in [6.45, 7) is 0.173. The van der Waals surface area contributed by atoms with E-state index in [1.807, 2.05) is 24.3 Å². The first-order valence-electron chi connectivity index (χ1n) is 5.50. The molecule has 4 nitrogen and oxygen atoms in total. The molecule has 0 saturated heterocycles. The Labute approximate surface area is 110 Å². The molecule has 0 saturated carbocycles. The first-order chi connectivity index (χ1) is 8.69. The summed E-state index contributed by atoms with van der Waals surface area (Å²) in [5, 5.41) is 0.693. The van der Waals surface area contributed by atoms with Gasteiger partial charge in [0.15, 0.2) is 0 Å². The van der Waals surface area contributed by atoms with Gasteiger partial charge in [0.1, 0.15) is 12.4 Å². The Hall–Kier alpha value is -1.81. The zero-order chi connectivity index (χ0) is 13.0. The fraction of sp³-hybridized carbons (Fsp3) is 0.231. The Kier molecular flexibility index (Phi) is 3.99. The lowest BCUT2D eigenvalue weighted by Crippen LogP contribution is -2.13. The van der Waals surface area contributed by atoms with Crippen LogP contribution in [-0.2, 0) is 22.5 Å². The molecule has 0 fully saturated rings. The zero-order valence-corrected chi connectivity index (χ0v) is 10.7. The van der Waals surface area contributed by atoms with Crippen molar-refractivity contribution in [3.05, 3.63) is 53.1 Å². The number of esters is 1. The van der Waals surface area contributed by atoms with Crippen LogP contribution < -0.4 is 0 Å². The minimum atomic E-state index is -0.291. The first-order valence-corrected chi connectivity index (χ1v) is 5.88.